The number of hydrogen-bond donors (Lipinski definition) is 0. The third-order valence-electron chi connectivity index (χ3n) is 3.01. The van der Waals surface area contributed by atoms with Crippen molar-refractivity contribution in [2.24, 2.45) is 0 Å². The maximum atomic E-state index is 10.5. The van der Waals surface area contributed by atoms with Crippen LogP contribution in [0.5, 0.6) is 0 Å². The number of hydrogen-bond acceptors (Lipinski definition) is 3. The molecular weight excluding hydrogens is 242 g/mol. The van der Waals surface area contributed by atoms with Crippen LogP contribution in [0.4, 0.5) is 0 Å². The first-order valence-corrected chi connectivity index (χ1v) is 6.98. The Hall–Kier alpha value is -1.48. The first-order chi connectivity index (χ1) is 8.61. The molecule has 0 aliphatic heterocycles. The van der Waals surface area contributed by atoms with Crippen LogP contribution < -0.4 is 0 Å². The van der Waals surface area contributed by atoms with Crippen LogP contribution in [0.2, 0.25) is 0 Å². The van der Waals surface area contributed by atoms with Crippen molar-refractivity contribution in [1.29, 1.82) is 0 Å². The molecule has 18 heavy (non-hydrogen) atoms. The van der Waals surface area contributed by atoms with Crippen molar-refractivity contribution in [3.63, 3.8) is 0 Å². The quantitative estimate of drug-likeness (QED) is 0.777. The number of rotatable bonds is 4. The minimum absolute atomic E-state index is 0.410. The van der Waals surface area contributed by atoms with Crippen LogP contribution in [0.1, 0.15) is 35.9 Å². The smallest absolute Gasteiger partial charge is 0.126 e. The number of aromatic nitrogens is 1. The summed E-state index contributed by atoms with van der Waals surface area (Å²) in [5.41, 5.74) is 4.70. The second-order valence-corrected chi connectivity index (χ2v) is 5.67. The molecule has 1 aromatic carbocycles. The minimum Gasteiger partial charge on any atom is -0.303 e. The predicted molar refractivity (Wildman–Crippen MR) is 76.1 cm³/mol. The maximum absolute atomic E-state index is 10.5. The van der Waals surface area contributed by atoms with Gasteiger partial charge in [0.1, 0.15) is 11.3 Å². The number of benzene rings is 1. The van der Waals surface area contributed by atoms with Gasteiger partial charge >= 0.3 is 0 Å². The fraction of sp³-hybridized carbons (Fsp3) is 0.333. The summed E-state index contributed by atoms with van der Waals surface area (Å²) in [6, 6.07) is 6.52. The normalized spacial score (nSPS) is 10.9. The van der Waals surface area contributed by atoms with Gasteiger partial charge in [0.25, 0.3) is 0 Å². The topological polar surface area (TPSA) is 30.0 Å². The Balaban J connectivity index is 2.41. The zero-order valence-corrected chi connectivity index (χ0v) is 11.8. The highest BCUT2D eigenvalue weighted by atomic mass is 32.1. The lowest BCUT2D eigenvalue weighted by atomic mass is 9.97. The van der Waals surface area contributed by atoms with E-state index in [1.165, 1.54) is 16.7 Å². The molecule has 1 heterocycles. The Kier molecular flexibility index (Phi) is 3.92. The van der Waals surface area contributed by atoms with E-state index in [1.54, 1.807) is 11.3 Å². The van der Waals surface area contributed by atoms with Gasteiger partial charge in [0.15, 0.2) is 0 Å². The van der Waals surface area contributed by atoms with E-state index >= 15 is 0 Å². The van der Waals surface area contributed by atoms with Crippen LogP contribution in [-0.2, 0) is 11.2 Å². The Labute approximate surface area is 112 Å². The summed E-state index contributed by atoms with van der Waals surface area (Å²) in [6.45, 7) is 6.47. The van der Waals surface area contributed by atoms with E-state index in [2.05, 4.69) is 44.0 Å². The fourth-order valence-corrected chi connectivity index (χ4v) is 2.62. The van der Waals surface area contributed by atoms with Gasteiger partial charge in [0.2, 0.25) is 0 Å². The lowest BCUT2D eigenvalue weighted by Crippen LogP contribution is -1.91. The Morgan fingerprint density at radius 2 is 2.17 bits per heavy atom. The first-order valence-electron chi connectivity index (χ1n) is 6.10. The van der Waals surface area contributed by atoms with Gasteiger partial charge in [-0.1, -0.05) is 26.0 Å². The van der Waals surface area contributed by atoms with Crippen molar-refractivity contribution < 1.29 is 4.79 Å². The number of carbonyl (C=O) groups excluding carboxylic acids is 1. The summed E-state index contributed by atoms with van der Waals surface area (Å²) < 4.78 is 0. The standard InChI is InChI=1S/C15H17NOS/c1-10(2)12-5-4-11(3)13(8-12)14-9-18-15(16-14)6-7-17/h4-5,7-10H,6H2,1-3H3. The second-order valence-electron chi connectivity index (χ2n) is 4.73. The Morgan fingerprint density at radius 1 is 1.39 bits per heavy atom. The van der Waals surface area contributed by atoms with Crippen LogP contribution in [-0.4, -0.2) is 11.3 Å². The van der Waals surface area contributed by atoms with Gasteiger partial charge in [-0.3, -0.25) is 0 Å². The monoisotopic (exact) mass is 259 g/mol. The molecule has 2 aromatic rings. The number of thiazole rings is 1. The van der Waals surface area contributed by atoms with Crippen molar-refractivity contribution in [2.75, 3.05) is 0 Å². The molecule has 2 nitrogen and oxygen atoms in total. The molecule has 0 bridgehead atoms. The molecule has 0 fully saturated rings. The Morgan fingerprint density at radius 3 is 2.83 bits per heavy atom. The van der Waals surface area contributed by atoms with Crippen molar-refractivity contribution in [2.45, 2.75) is 33.1 Å². The van der Waals surface area contributed by atoms with E-state index in [-0.39, 0.29) is 0 Å². The number of aldehydes is 1. The molecule has 0 saturated heterocycles. The van der Waals surface area contributed by atoms with Gasteiger partial charge in [0, 0.05) is 10.9 Å². The molecule has 0 radical (unpaired) electrons. The molecule has 0 aliphatic carbocycles. The van der Waals surface area contributed by atoms with Crippen molar-refractivity contribution >= 4 is 17.6 Å². The summed E-state index contributed by atoms with van der Waals surface area (Å²) in [5, 5.41) is 2.92. The highest BCUT2D eigenvalue weighted by Crippen LogP contribution is 2.28. The molecular formula is C15H17NOS. The SMILES string of the molecule is Cc1ccc(C(C)C)cc1-c1csc(CC=O)n1. The van der Waals surface area contributed by atoms with E-state index in [1.807, 2.05) is 5.38 Å². The van der Waals surface area contributed by atoms with Gasteiger partial charge in [-0.25, -0.2) is 4.98 Å². The molecule has 0 amide bonds. The third kappa shape index (κ3) is 2.67. The van der Waals surface area contributed by atoms with Gasteiger partial charge < -0.3 is 4.79 Å². The second kappa shape index (κ2) is 5.44. The predicted octanol–water partition coefficient (Wildman–Crippen LogP) is 3.98. The molecule has 3 heteroatoms. The average Bonchev–Trinajstić information content (AvgIpc) is 2.78. The third-order valence-corrected chi connectivity index (χ3v) is 3.89. The lowest BCUT2D eigenvalue weighted by molar-refractivity contribution is -0.107. The average molecular weight is 259 g/mol. The largest absolute Gasteiger partial charge is 0.303 e. The van der Waals surface area contributed by atoms with Gasteiger partial charge in [-0.05, 0) is 30.0 Å². The van der Waals surface area contributed by atoms with Gasteiger partial charge in [0.05, 0.1) is 12.1 Å². The van der Waals surface area contributed by atoms with Crippen molar-refractivity contribution in [3.05, 3.63) is 39.7 Å². The highest BCUT2D eigenvalue weighted by Gasteiger charge is 2.09. The molecule has 2 rings (SSSR count). The first kappa shape index (κ1) is 13.0. The molecule has 0 saturated carbocycles. The van der Waals surface area contributed by atoms with E-state index in [9.17, 15) is 4.79 Å². The molecule has 0 spiro atoms. The number of carbonyl (C=O) groups is 1. The molecule has 94 valence electrons. The maximum Gasteiger partial charge on any atom is 0.126 e. The van der Waals surface area contributed by atoms with E-state index in [0.29, 0.717) is 12.3 Å². The summed E-state index contributed by atoms with van der Waals surface area (Å²) >= 11 is 1.55. The van der Waals surface area contributed by atoms with Gasteiger partial charge in [-0.2, -0.15) is 0 Å². The minimum atomic E-state index is 0.410. The summed E-state index contributed by atoms with van der Waals surface area (Å²) in [4.78, 5) is 15.0. The number of nitrogens with zero attached hydrogens (tertiary/aromatic N) is 1. The molecule has 0 unspecified atom stereocenters. The fourth-order valence-electron chi connectivity index (χ4n) is 1.87. The van der Waals surface area contributed by atoms with Gasteiger partial charge in [-0.15, -0.1) is 11.3 Å². The van der Waals surface area contributed by atoms with Crippen LogP contribution in [0.3, 0.4) is 0 Å². The Bertz CT molecular complexity index is 557. The van der Waals surface area contributed by atoms with E-state index in [4.69, 9.17) is 0 Å². The summed E-state index contributed by atoms with van der Waals surface area (Å²) in [5.74, 6) is 0.512. The van der Waals surface area contributed by atoms with E-state index < -0.39 is 0 Å². The summed E-state index contributed by atoms with van der Waals surface area (Å²) in [6.07, 6.45) is 1.31. The number of aryl methyl sites for hydroxylation is 1. The molecule has 0 atom stereocenters. The molecule has 1 aromatic heterocycles. The zero-order chi connectivity index (χ0) is 13.1. The molecule has 0 aliphatic rings. The summed E-state index contributed by atoms with van der Waals surface area (Å²) in [7, 11) is 0. The zero-order valence-electron chi connectivity index (χ0n) is 10.9. The van der Waals surface area contributed by atoms with Crippen LogP contribution in [0.15, 0.2) is 23.6 Å². The van der Waals surface area contributed by atoms with Crippen LogP contribution in [0, 0.1) is 6.92 Å². The van der Waals surface area contributed by atoms with Crippen molar-refractivity contribution in [1.82, 2.24) is 4.98 Å². The van der Waals surface area contributed by atoms with Crippen molar-refractivity contribution in [3.8, 4) is 11.3 Å². The van der Waals surface area contributed by atoms with Crippen LogP contribution in [0.25, 0.3) is 11.3 Å². The highest BCUT2D eigenvalue weighted by molar-refractivity contribution is 7.10. The van der Waals surface area contributed by atoms with Crippen LogP contribution >= 0.6 is 11.3 Å². The molecule has 0 N–H and O–H groups in total. The lowest BCUT2D eigenvalue weighted by Gasteiger charge is -2.09. The van der Waals surface area contributed by atoms with E-state index in [0.717, 1.165) is 17.0 Å².